The maximum atomic E-state index is 13.4. The molecule has 0 spiro atoms. The fourth-order valence-electron chi connectivity index (χ4n) is 8.07. The first-order valence-electron chi connectivity index (χ1n) is 21.4. The van der Waals surface area contributed by atoms with Crippen molar-refractivity contribution in [3.63, 3.8) is 0 Å². The summed E-state index contributed by atoms with van der Waals surface area (Å²) in [6.07, 6.45) is 2.73. The number of nitrogens with one attached hydrogen (secondary N) is 6. The zero-order valence-electron chi connectivity index (χ0n) is 38.8. The molecule has 0 unspecified atom stereocenters. The molecular weight excluding hydrogens is 1080 g/mol. The van der Waals surface area contributed by atoms with Crippen LogP contribution in [0.3, 0.4) is 0 Å². The van der Waals surface area contributed by atoms with Gasteiger partial charge >= 0.3 is 6.03 Å². The number of fused-ring (bicyclic) bond motifs is 2. The van der Waals surface area contributed by atoms with Crippen LogP contribution in [0.25, 0.3) is 21.5 Å². The molecule has 0 saturated carbocycles. The van der Waals surface area contributed by atoms with Crippen LogP contribution in [-0.2, 0) is 54.6 Å². The number of aromatic nitrogens is 2. The van der Waals surface area contributed by atoms with Crippen molar-refractivity contribution in [1.29, 1.82) is 0 Å². The highest BCUT2D eigenvalue weighted by Crippen LogP contribution is 2.36. The minimum absolute atomic E-state index is 0.0551. The molecule has 6 amide bonds. The molecule has 0 aliphatic heterocycles. The molecule has 0 atom stereocenters. The van der Waals surface area contributed by atoms with E-state index in [2.05, 4.69) is 31.9 Å². The molecule has 0 aliphatic carbocycles. The molecule has 25 nitrogen and oxygen atoms in total. The van der Waals surface area contributed by atoms with Crippen molar-refractivity contribution in [2.24, 2.45) is 14.1 Å². The third-order valence-electron chi connectivity index (χ3n) is 11.3. The lowest BCUT2D eigenvalue weighted by molar-refractivity contribution is 0.101. The molecular formula is C47H38N8O17S4. The summed E-state index contributed by atoms with van der Waals surface area (Å²) in [7, 11) is -16.9. The topological polar surface area (TPSA) is 385 Å². The van der Waals surface area contributed by atoms with Crippen molar-refractivity contribution >= 4 is 126 Å². The summed E-state index contributed by atoms with van der Waals surface area (Å²) in [4.78, 5) is 63.8. The van der Waals surface area contributed by atoms with Crippen LogP contribution >= 0.6 is 0 Å². The highest BCUT2D eigenvalue weighted by atomic mass is 32.2. The second-order valence-corrected chi connectivity index (χ2v) is 22.0. The van der Waals surface area contributed by atoms with Gasteiger partial charge in [-0.15, -0.1) is 0 Å². The molecule has 8 rings (SSSR count). The number of urea groups is 1. The van der Waals surface area contributed by atoms with E-state index in [9.17, 15) is 75.9 Å². The van der Waals surface area contributed by atoms with Crippen LogP contribution < -0.4 is 31.9 Å². The molecule has 10 N–H and O–H groups in total. The van der Waals surface area contributed by atoms with Crippen molar-refractivity contribution in [3.05, 3.63) is 156 Å². The molecule has 2 heterocycles. The van der Waals surface area contributed by atoms with Gasteiger partial charge in [-0.2, -0.15) is 33.7 Å². The predicted molar refractivity (Wildman–Crippen MR) is 275 cm³/mol. The third kappa shape index (κ3) is 11.4. The smallest absolute Gasteiger partial charge is 0.323 e. The highest BCUT2D eigenvalue weighted by molar-refractivity contribution is 7.87. The van der Waals surface area contributed by atoms with Crippen LogP contribution in [0, 0.1) is 0 Å². The molecule has 6 aromatic carbocycles. The zero-order chi connectivity index (χ0) is 55.2. The second-order valence-electron chi connectivity index (χ2n) is 16.5. The molecule has 0 aliphatic rings. The fourth-order valence-corrected chi connectivity index (χ4v) is 11.2. The van der Waals surface area contributed by atoms with E-state index in [1.165, 1.54) is 108 Å². The van der Waals surface area contributed by atoms with Gasteiger partial charge in [0.05, 0.1) is 22.7 Å². The monoisotopic (exact) mass is 1110 g/mol. The van der Waals surface area contributed by atoms with Crippen LogP contribution in [-0.4, -0.2) is 90.7 Å². The van der Waals surface area contributed by atoms with Gasteiger partial charge in [0.25, 0.3) is 64.1 Å². The molecule has 8 aromatic rings. The fraction of sp³-hybridized carbons (Fsp3) is 0.0426. The van der Waals surface area contributed by atoms with Crippen molar-refractivity contribution in [2.45, 2.75) is 19.6 Å². The van der Waals surface area contributed by atoms with E-state index >= 15 is 0 Å². The number of nitrogens with zero attached hydrogens (tertiary/aromatic N) is 2. The summed E-state index contributed by atoms with van der Waals surface area (Å²) < 4.78 is 140. The lowest BCUT2D eigenvalue weighted by Crippen LogP contribution is -2.20. The van der Waals surface area contributed by atoms with Gasteiger partial charge in [0.2, 0.25) is 0 Å². The summed E-state index contributed by atoms with van der Waals surface area (Å²) in [5, 5.41) is 14.0. The average molecular weight is 1120 g/mol. The summed E-state index contributed by atoms with van der Waals surface area (Å²) in [5.41, 5.74) is -0.406. The van der Waals surface area contributed by atoms with E-state index in [0.29, 0.717) is 0 Å². The van der Waals surface area contributed by atoms with Crippen LogP contribution in [0.15, 0.2) is 153 Å². The van der Waals surface area contributed by atoms with E-state index in [1.807, 2.05) is 0 Å². The van der Waals surface area contributed by atoms with Crippen molar-refractivity contribution in [1.82, 2.24) is 9.13 Å². The number of carbonyl (C=O) groups excluding carboxylic acids is 5. The Morgan fingerprint density at radius 2 is 0.750 bits per heavy atom. The third-order valence-corrected chi connectivity index (χ3v) is 15.0. The first-order valence-corrected chi connectivity index (χ1v) is 27.2. The Morgan fingerprint density at radius 3 is 1.11 bits per heavy atom. The minimum atomic E-state index is -5.10. The van der Waals surface area contributed by atoms with E-state index in [0.717, 1.165) is 48.5 Å². The molecule has 0 radical (unpaired) electrons. The minimum Gasteiger partial charge on any atom is -0.344 e. The average Bonchev–Trinajstić information content (AvgIpc) is 3.89. The van der Waals surface area contributed by atoms with Crippen molar-refractivity contribution in [2.75, 3.05) is 31.9 Å². The summed E-state index contributed by atoms with van der Waals surface area (Å²) in [5.74, 6) is -3.16. The standard InChI is InChI=1S/C47H38N8O17S4/c1-54-23-29(21-37(54)45(58)52-35-17-15-31-33(41(35)75(67,68)69)11-5-13-39(31)73(61,62)63)48-43(56)25-7-3-9-27(19-25)50-47(60)51-28-10-4-8-26(20-28)44(57)49-30-22-38(55(2)24-30)46(59)53-36-18-16-32-34(42(36)76(70,71)72)12-6-14-40(32)74(64,65)66/h3-24H,1-2H3,(H,48,56)(H,49,57)(H,52,58)(H,53,59)(H2,50,51,60)(H,61,62,63)(H,64,65,66)(H,67,68,69)(H,70,71,72). The van der Waals surface area contributed by atoms with E-state index in [-0.39, 0.29) is 66.8 Å². The quantitative estimate of drug-likeness (QED) is 0.0533. The summed E-state index contributed by atoms with van der Waals surface area (Å²) in [6.45, 7) is 0. The van der Waals surface area contributed by atoms with Crippen molar-refractivity contribution < 1.29 is 75.9 Å². The first-order chi connectivity index (χ1) is 35.6. The molecule has 2 aromatic heterocycles. The Bertz CT molecular complexity index is 4000. The van der Waals surface area contributed by atoms with Crippen LogP contribution in [0.4, 0.5) is 38.9 Å². The van der Waals surface area contributed by atoms with Crippen molar-refractivity contribution in [3.8, 4) is 0 Å². The molecule has 29 heteroatoms. The predicted octanol–water partition coefficient (Wildman–Crippen LogP) is 6.31. The molecule has 0 bridgehead atoms. The zero-order valence-corrected chi connectivity index (χ0v) is 42.1. The van der Waals surface area contributed by atoms with Gasteiger partial charge in [0.1, 0.15) is 31.0 Å². The van der Waals surface area contributed by atoms with E-state index in [4.69, 9.17) is 0 Å². The van der Waals surface area contributed by atoms with E-state index in [1.54, 1.807) is 0 Å². The molecule has 0 saturated heterocycles. The van der Waals surface area contributed by atoms with Crippen LogP contribution in [0.1, 0.15) is 41.7 Å². The number of carbonyl (C=O) groups is 5. The number of rotatable bonds is 14. The second kappa shape index (κ2) is 20.1. The van der Waals surface area contributed by atoms with Crippen LogP contribution in [0.5, 0.6) is 0 Å². The van der Waals surface area contributed by atoms with E-state index < -0.39 is 101 Å². The number of benzene rings is 6. The van der Waals surface area contributed by atoms with Crippen LogP contribution in [0.2, 0.25) is 0 Å². The Kier molecular flexibility index (Phi) is 14.2. The lowest BCUT2D eigenvalue weighted by Gasteiger charge is -2.13. The van der Waals surface area contributed by atoms with Gasteiger partial charge in [-0.3, -0.25) is 37.4 Å². The molecule has 392 valence electrons. The maximum Gasteiger partial charge on any atom is 0.323 e. The van der Waals surface area contributed by atoms with Gasteiger partial charge < -0.3 is 41.0 Å². The maximum absolute atomic E-state index is 13.4. The Morgan fingerprint density at radius 1 is 0.382 bits per heavy atom. The SMILES string of the molecule is Cn1cc(NC(=O)c2cccc(NC(=O)Nc3cccc(C(=O)Nc4cc(C(=O)Nc5ccc6c(S(=O)(=O)O)cccc6c5S(=O)(=O)O)n(C)c4)c3)c2)cc1C(=O)Nc1ccc2c(S(=O)(=O)O)cccc2c1S(=O)(=O)O. The van der Waals surface area contributed by atoms with Gasteiger partial charge in [0.15, 0.2) is 0 Å². The van der Waals surface area contributed by atoms with Gasteiger partial charge in [-0.1, -0.05) is 48.5 Å². The number of anilines is 6. The molecule has 0 fully saturated rings. The highest BCUT2D eigenvalue weighted by Gasteiger charge is 2.28. The summed E-state index contributed by atoms with van der Waals surface area (Å²) >= 11 is 0. The number of aryl methyl sites for hydroxylation is 2. The Labute approximate surface area is 430 Å². The Balaban J connectivity index is 0.893. The van der Waals surface area contributed by atoms with Gasteiger partial charge in [0, 0.05) is 70.5 Å². The number of hydrogen-bond donors (Lipinski definition) is 10. The number of hydrogen-bond acceptors (Lipinski definition) is 13. The number of amides is 6. The largest absolute Gasteiger partial charge is 0.344 e. The molecule has 76 heavy (non-hydrogen) atoms. The first kappa shape index (κ1) is 53.5. The Hall–Kier alpha value is -8.81. The van der Waals surface area contributed by atoms with Gasteiger partial charge in [-0.25, -0.2) is 4.79 Å². The lowest BCUT2D eigenvalue weighted by atomic mass is 10.1. The normalized spacial score (nSPS) is 12.0. The summed E-state index contributed by atoms with van der Waals surface area (Å²) in [6, 6.07) is 24.2. The van der Waals surface area contributed by atoms with Gasteiger partial charge in [-0.05, 0) is 72.8 Å².